The fourth-order valence-electron chi connectivity index (χ4n) is 4.74. The first kappa shape index (κ1) is 30.6. The molecule has 4 atom stereocenters. The van der Waals surface area contributed by atoms with Crippen molar-refractivity contribution >= 4 is 40.4 Å². The maximum Gasteiger partial charge on any atom is 0.243 e. The van der Waals surface area contributed by atoms with Crippen molar-refractivity contribution < 1.29 is 29.2 Å². The van der Waals surface area contributed by atoms with Crippen molar-refractivity contribution in [1.29, 1.82) is 0 Å². The molecule has 7 N–H and O–H groups in total. The highest BCUT2D eigenvalue weighted by Gasteiger charge is 2.31. The summed E-state index contributed by atoms with van der Waals surface area (Å²) in [4.78, 5) is 66.8. The van der Waals surface area contributed by atoms with Crippen LogP contribution >= 0.6 is 0 Å². The smallest absolute Gasteiger partial charge is 0.243 e. The lowest BCUT2D eigenvalue weighted by Gasteiger charge is -2.27. The molecule has 0 aliphatic carbocycles. The van der Waals surface area contributed by atoms with Crippen molar-refractivity contribution in [2.24, 2.45) is 5.92 Å². The second kappa shape index (κ2) is 15.0. The first-order chi connectivity index (χ1) is 19.2. The molecule has 1 saturated heterocycles. The Labute approximate surface area is 233 Å². The molecule has 12 nitrogen and oxygen atoms in total. The Hall–Kier alpha value is -3.93. The van der Waals surface area contributed by atoms with Gasteiger partial charge in [-0.2, -0.15) is 0 Å². The van der Waals surface area contributed by atoms with Crippen LogP contribution in [-0.2, 0) is 30.4 Å². The summed E-state index contributed by atoms with van der Waals surface area (Å²) in [6.45, 7) is 3.61. The van der Waals surface area contributed by atoms with Crippen LogP contribution in [0.4, 0.5) is 0 Å². The quantitative estimate of drug-likeness (QED) is 0.131. The third kappa shape index (κ3) is 9.08. The fourth-order valence-corrected chi connectivity index (χ4v) is 4.74. The highest BCUT2D eigenvalue weighted by molar-refractivity contribution is 5.94. The number of rotatable bonds is 10. The first-order valence-corrected chi connectivity index (χ1v) is 13.9. The average Bonchev–Trinajstić information content (AvgIpc) is 3.35. The Morgan fingerprint density at radius 3 is 2.48 bits per heavy atom. The largest absolute Gasteiger partial charge is 0.358 e. The van der Waals surface area contributed by atoms with Crippen LogP contribution in [0.5, 0.6) is 0 Å². The Morgan fingerprint density at radius 1 is 1.00 bits per heavy atom. The van der Waals surface area contributed by atoms with Gasteiger partial charge in [0.1, 0.15) is 12.1 Å². The van der Waals surface area contributed by atoms with Gasteiger partial charge >= 0.3 is 0 Å². The maximum atomic E-state index is 13.6. The minimum atomic E-state index is -0.955. The number of nitrogens with one attached hydrogen (secondary N) is 6. The number of hydrogen-bond acceptors (Lipinski definition) is 6. The van der Waals surface area contributed by atoms with Crippen molar-refractivity contribution in [2.45, 2.75) is 83.3 Å². The molecule has 2 aromatic rings. The Morgan fingerprint density at radius 2 is 1.75 bits per heavy atom. The zero-order valence-corrected chi connectivity index (χ0v) is 23.0. The number of carbonyl (C=O) groups is 5. The molecule has 12 heteroatoms. The van der Waals surface area contributed by atoms with E-state index in [0.29, 0.717) is 19.3 Å². The second-order valence-corrected chi connectivity index (χ2v) is 10.4. The van der Waals surface area contributed by atoms with Crippen LogP contribution in [0, 0.1) is 5.92 Å². The van der Waals surface area contributed by atoms with Crippen LogP contribution in [0.25, 0.3) is 10.9 Å². The molecule has 5 amide bonds. The van der Waals surface area contributed by atoms with Gasteiger partial charge in [0.25, 0.3) is 0 Å². The topological polar surface area (TPSA) is 182 Å². The number of aromatic nitrogens is 1. The summed E-state index contributed by atoms with van der Waals surface area (Å²) < 4.78 is 0. The summed E-state index contributed by atoms with van der Waals surface area (Å²) in [5.74, 6) is -2.32. The lowest BCUT2D eigenvalue weighted by molar-refractivity contribution is -0.132. The van der Waals surface area contributed by atoms with Crippen molar-refractivity contribution in [3.05, 3.63) is 36.0 Å². The van der Waals surface area contributed by atoms with Gasteiger partial charge in [0.2, 0.25) is 29.5 Å². The molecule has 1 aromatic heterocycles. The number of amides is 5. The van der Waals surface area contributed by atoms with Gasteiger partial charge in [-0.15, -0.1) is 0 Å². The maximum absolute atomic E-state index is 13.6. The molecule has 0 bridgehead atoms. The summed E-state index contributed by atoms with van der Waals surface area (Å²) >= 11 is 0. The highest BCUT2D eigenvalue weighted by Crippen LogP contribution is 2.17. The SMILES string of the molecule is CC[C@H](C)[C@H]1CC(=O)NCC(=O)N[C@@H](CCCCCC(=O)NO)C(=O)N[C@@H](Cc2cc3ccccc3[nH]2)C(=O)N1. The monoisotopic (exact) mass is 556 g/mol. The summed E-state index contributed by atoms with van der Waals surface area (Å²) in [5.41, 5.74) is 3.24. The number of carbonyl (C=O) groups excluding carboxylic acids is 5. The first-order valence-electron chi connectivity index (χ1n) is 13.9. The van der Waals surface area contributed by atoms with E-state index in [1.807, 2.05) is 44.2 Å². The Bertz CT molecular complexity index is 1160. The zero-order chi connectivity index (χ0) is 29.1. The lowest BCUT2D eigenvalue weighted by Crippen LogP contribution is -2.56. The number of benzene rings is 1. The van der Waals surface area contributed by atoms with Crippen LogP contribution in [0.1, 0.15) is 64.5 Å². The van der Waals surface area contributed by atoms with E-state index in [1.165, 1.54) is 0 Å². The number of hydroxylamine groups is 1. The Kier molecular flexibility index (Phi) is 11.5. The minimum Gasteiger partial charge on any atom is -0.358 e. The number of H-pyrrole nitrogens is 1. The van der Waals surface area contributed by atoms with Gasteiger partial charge in [0, 0.05) is 36.5 Å². The third-order valence-corrected chi connectivity index (χ3v) is 7.33. The van der Waals surface area contributed by atoms with E-state index in [1.54, 1.807) is 5.48 Å². The third-order valence-electron chi connectivity index (χ3n) is 7.33. The van der Waals surface area contributed by atoms with E-state index in [9.17, 15) is 24.0 Å². The van der Waals surface area contributed by atoms with Crippen molar-refractivity contribution in [2.75, 3.05) is 6.54 Å². The van der Waals surface area contributed by atoms with E-state index in [4.69, 9.17) is 5.21 Å². The van der Waals surface area contributed by atoms with Gasteiger partial charge in [0.05, 0.1) is 6.54 Å². The number of fused-ring (bicyclic) bond motifs is 1. The molecule has 3 rings (SSSR count). The predicted molar refractivity (Wildman–Crippen MR) is 148 cm³/mol. The van der Waals surface area contributed by atoms with Crippen molar-refractivity contribution in [3.8, 4) is 0 Å². The molecule has 2 heterocycles. The van der Waals surface area contributed by atoms with Gasteiger partial charge in [-0.05, 0) is 36.3 Å². The fraction of sp³-hybridized carbons (Fsp3) is 0.536. The van der Waals surface area contributed by atoms with Gasteiger partial charge in [-0.1, -0.05) is 51.3 Å². The van der Waals surface area contributed by atoms with Crippen LogP contribution in [0.3, 0.4) is 0 Å². The van der Waals surface area contributed by atoms with E-state index in [-0.39, 0.29) is 44.1 Å². The standard InChI is InChI=1S/C28H40N6O6/c1-3-17(2)22-15-25(36)29-16-26(37)31-21(11-5-4-6-12-24(35)34-40)27(38)33-23(28(39)32-22)14-19-13-18-9-7-8-10-20(18)30-19/h7-10,13,17,21-23,30,40H,3-6,11-12,14-16H2,1-2H3,(H,29,36)(H,31,37)(H,32,39)(H,33,38)(H,34,35)/t17-,21-,22+,23-/m0/s1. The van der Waals surface area contributed by atoms with Gasteiger partial charge in [-0.3, -0.25) is 29.2 Å². The molecule has 1 aliphatic rings. The molecule has 0 unspecified atom stereocenters. The second-order valence-electron chi connectivity index (χ2n) is 10.4. The molecular weight excluding hydrogens is 516 g/mol. The molecule has 1 fully saturated rings. The molecule has 0 saturated carbocycles. The molecule has 40 heavy (non-hydrogen) atoms. The molecule has 1 aliphatic heterocycles. The van der Waals surface area contributed by atoms with Crippen molar-refractivity contribution in [3.63, 3.8) is 0 Å². The van der Waals surface area contributed by atoms with E-state index in [0.717, 1.165) is 23.0 Å². The summed E-state index contributed by atoms with van der Waals surface area (Å²) in [6.07, 6.45) is 2.90. The summed E-state index contributed by atoms with van der Waals surface area (Å²) in [7, 11) is 0. The normalized spacial score (nSPS) is 21.6. The van der Waals surface area contributed by atoms with Crippen LogP contribution in [0.15, 0.2) is 30.3 Å². The Balaban J connectivity index is 1.82. The molecule has 1 aromatic carbocycles. The van der Waals surface area contributed by atoms with Crippen molar-refractivity contribution in [1.82, 2.24) is 31.7 Å². The lowest BCUT2D eigenvalue weighted by atomic mass is 9.95. The molecule has 0 spiro atoms. The predicted octanol–water partition coefficient (Wildman–Crippen LogP) is 1.19. The summed E-state index contributed by atoms with van der Waals surface area (Å²) in [5, 5.41) is 20.7. The highest BCUT2D eigenvalue weighted by atomic mass is 16.5. The van der Waals surface area contributed by atoms with Gasteiger partial charge < -0.3 is 26.3 Å². The van der Waals surface area contributed by atoms with Gasteiger partial charge in [-0.25, -0.2) is 5.48 Å². The van der Waals surface area contributed by atoms with Crippen LogP contribution in [-0.4, -0.2) is 64.4 Å². The molecular formula is C28H40N6O6. The van der Waals surface area contributed by atoms with E-state index >= 15 is 0 Å². The summed E-state index contributed by atoms with van der Waals surface area (Å²) in [6, 6.07) is 7.25. The van der Waals surface area contributed by atoms with E-state index in [2.05, 4.69) is 26.3 Å². The van der Waals surface area contributed by atoms with E-state index < -0.39 is 41.8 Å². The number of para-hydroxylation sites is 1. The van der Waals surface area contributed by atoms with Gasteiger partial charge in [0.15, 0.2) is 0 Å². The zero-order valence-electron chi connectivity index (χ0n) is 23.0. The molecule has 218 valence electrons. The number of aromatic amines is 1. The molecule has 0 radical (unpaired) electrons. The van der Waals surface area contributed by atoms with Crippen LogP contribution < -0.4 is 26.7 Å². The number of hydrogen-bond donors (Lipinski definition) is 7. The number of unbranched alkanes of at least 4 members (excludes halogenated alkanes) is 2. The average molecular weight is 557 g/mol. The minimum absolute atomic E-state index is 0.00588. The van der Waals surface area contributed by atoms with Crippen LogP contribution in [0.2, 0.25) is 0 Å².